The van der Waals surface area contributed by atoms with Gasteiger partial charge in [-0.25, -0.2) is 9.97 Å². The molecule has 1 aliphatic rings. The van der Waals surface area contributed by atoms with Gasteiger partial charge >= 0.3 is 0 Å². The number of fused-ring (bicyclic) bond motifs is 1. The maximum absolute atomic E-state index is 10.1. The molecule has 0 bridgehead atoms. The molecule has 0 spiro atoms. The summed E-state index contributed by atoms with van der Waals surface area (Å²) in [6.07, 6.45) is 1.27. The van der Waals surface area contributed by atoms with Crippen LogP contribution in [0.2, 0.25) is 5.02 Å². The maximum Gasteiger partial charge on any atom is 0.163 e. The molecule has 1 aromatic carbocycles. The lowest BCUT2D eigenvalue weighted by molar-refractivity contribution is 0.108. The van der Waals surface area contributed by atoms with Gasteiger partial charge in [-0.15, -0.1) is 0 Å². The van der Waals surface area contributed by atoms with Gasteiger partial charge in [0.15, 0.2) is 5.82 Å². The number of hydrogen-bond acceptors (Lipinski definition) is 10. The predicted molar refractivity (Wildman–Crippen MR) is 152 cm³/mol. The molecule has 0 saturated carbocycles. The first-order valence-corrected chi connectivity index (χ1v) is 13.5. The zero-order valence-electron chi connectivity index (χ0n) is 23.4. The predicted octanol–water partition coefficient (Wildman–Crippen LogP) is 3.70. The molecule has 4 aromatic rings. The Morgan fingerprint density at radius 3 is 2.75 bits per heavy atom. The average molecular weight is 568 g/mol. The van der Waals surface area contributed by atoms with Gasteiger partial charge < -0.3 is 29.3 Å². The Morgan fingerprint density at radius 2 is 2.02 bits per heavy atom. The zero-order valence-corrected chi connectivity index (χ0v) is 24.1. The van der Waals surface area contributed by atoms with Crippen LogP contribution >= 0.6 is 11.6 Å². The van der Waals surface area contributed by atoms with Crippen LogP contribution in [-0.2, 0) is 24.4 Å². The molecule has 0 radical (unpaired) electrons. The molecule has 4 heterocycles. The van der Waals surface area contributed by atoms with Crippen LogP contribution in [0.25, 0.3) is 22.6 Å². The number of nitrogens with zero attached hydrogens (tertiary/aromatic N) is 6. The summed E-state index contributed by atoms with van der Waals surface area (Å²) in [4.78, 5) is 12.3. The third-order valence-electron chi connectivity index (χ3n) is 6.99. The molecule has 40 heavy (non-hydrogen) atoms. The van der Waals surface area contributed by atoms with Crippen LogP contribution in [0, 0.1) is 20.8 Å². The Labute approximate surface area is 238 Å². The molecule has 1 aliphatic heterocycles. The molecule has 12 heteroatoms. The Kier molecular flexibility index (Phi) is 8.36. The SMILES string of the molecule is CNC[C@@H](O)COc1ccc(Cl)c(-c2nc(-c3c(C)noc3C)c(C)c(N3Cc4cnn(CCOC)c4C3)n2)c1. The fraction of sp³-hybridized carbons (Fsp3) is 0.429. The van der Waals surface area contributed by atoms with Crippen molar-refractivity contribution in [2.75, 3.05) is 38.8 Å². The van der Waals surface area contributed by atoms with Gasteiger partial charge in [0, 0.05) is 36.9 Å². The normalized spacial score (nSPS) is 13.6. The number of aromatic nitrogens is 5. The number of aliphatic hydroxyl groups is 1. The first kappa shape index (κ1) is 28.0. The molecule has 0 aliphatic carbocycles. The number of anilines is 1. The van der Waals surface area contributed by atoms with E-state index < -0.39 is 6.10 Å². The Hall–Kier alpha value is -3.51. The van der Waals surface area contributed by atoms with Crippen molar-refractivity contribution in [3.63, 3.8) is 0 Å². The Bertz CT molecular complexity index is 1480. The fourth-order valence-corrected chi connectivity index (χ4v) is 5.18. The van der Waals surface area contributed by atoms with Gasteiger partial charge in [0.25, 0.3) is 0 Å². The topological polar surface area (TPSA) is 124 Å². The molecule has 0 fully saturated rings. The second-order valence-electron chi connectivity index (χ2n) is 9.90. The van der Waals surface area contributed by atoms with Gasteiger partial charge in [0.05, 0.1) is 53.6 Å². The van der Waals surface area contributed by atoms with E-state index in [9.17, 15) is 5.11 Å². The van der Waals surface area contributed by atoms with Crippen molar-refractivity contribution < 1.29 is 19.1 Å². The average Bonchev–Trinajstić information content (AvgIpc) is 3.62. The highest BCUT2D eigenvalue weighted by atomic mass is 35.5. The van der Waals surface area contributed by atoms with Crippen molar-refractivity contribution in [1.29, 1.82) is 0 Å². The van der Waals surface area contributed by atoms with Gasteiger partial charge in [0.1, 0.15) is 30.0 Å². The summed E-state index contributed by atoms with van der Waals surface area (Å²) in [6.45, 7) is 8.95. The van der Waals surface area contributed by atoms with Crippen molar-refractivity contribution in [1.82, 2.24) is 30.2 Å². The van der Waals surface area contributed by atoms with E-state index in [-0.39, 0.29) is 6.61 Å². The molecule has 1 atom stereocenters. The van der Waals surface area contributed by atoms with E-state index in [1.807, 2.05) is 31.6 Å². The highest BCUT2D eigenvalue weighted by Crippen LogP contribution is 2.39. The number of methoxy groups -OCH3 is 1. The molecule has 3 aromatic heterocycles. The number of aliphatic hydroxyl groups excluding tert-OH is 1. The summed E-state index contributed by atoms with van der Waals surface area (Å²) in [6, 6.07) is 5.33. The van der Waals surface area contributed by atoms with E-state index in [1.54, 1.807) is 32.4 Å². The molecule has 0 unspecified atom stereocenters. The second kappa shape index (κ2) is 11.9. The Morgan fingerprint density at radius 1 is 1.20 bits per heavy atom. The lowest BCUT2D eigenvalue weighted by Crippen LogP contribution is -2.29. The molecule has 2 N–H and O–H groups in total. The first-order valence-electron chi connectivity index (χ1n) is 13.1. The highest BCUT2D eigenvalue weighted by molar-refractivity contribution is 6.33. The lowest BCUT2D eigenvalue weighted by atomic mass is 10.0. The minimum atomic E-state index is -0.644. The summed E-state index contributed by atoms with van der Waals surface area (Å²) in [7, 11) is 3.47. The summed E-state index contributed by atoms with van der Waals surface area (Å²) in [5, 5.41) is 22.2. The number of nitrogens with one attached hydrogen (secondary N) is 1. The monoisotopic (exact) mass is 567 g/mol. The van der Waals surface area contributed by atoms with Crippen molar-refractivity contribution in [2.45, 2.75) is 46.5 Å². The van der Waals surface area contributed by atoms with E-state index in [4.69, 9.17) is 35.6 Å². The third-order valence-corrected chi connectivity index (χ3v) is 7.32. The van der Waals surface area contributed by atoms with Gasteiger partial charge in [-0.05, 0) is 46.0 Å². The number of ether oxygens (including phenoxy) is 2. The maximum atomic E-state index is 10.1. The minimum Gasteiger partial charge on any atom is -0.491 e. The van der Waals surface area contributed by atoms with Crippen LogP contribution in [0.15, 0.2) is 28.9 Å². The zero-order chi connectivity index (χ0) is 28.4. The van der Waals surface area contributed by atoms with Gasteiger partial charge in [-0.2, -0.15) is 5.10 Å². The van der Waals surface area contributed by atoms with Crippen LogP contribution in [0.5, 0.6) is 5.75 Å². The van der Waals surface area contributed by atoms with Crippen molar-refractivity contribution >= 4 is 17.4 Å². The first-order chi connectivity index (χ1) is 19.3. The van der Waals surface area contributed by atoms with Gasteiger partial charge in [0.2, 0.25) is 0 Å². The summed E-state index contributed by atoms with van der Waals surface area (Å²) < 4.78 is 18.6. The summed E-state index contributed by atoms with van der Waals surface area (Å²) in [5.41, 5.74) is 6.16. The second-order valence-corrected chi connectivity index (χ2v) is 10.3. The summed E-state index contributed by atoms with van der Waals surface area (Å²) >= 11 is 6.70. The number of likely N-dealkylation sites (N-methyl/N-ethyl adjacent to an activating group) is 1. The number of rotatable bonds is 11. The third kappa shape index (κ3) is 5.55. The number of aryl methyl sites for hydroxylation is 2. The quantitative estimate of drug-likeness (QED) is 0.277. The molecule has 0 saturated heterocycles. The molecular weight excluding hydrogens is 534 g/mol. The van der Waals surface area contributed by atoms with Crippen LogP contribution < -0.4 is 15.0 Å². The molecule has 212 valence electrons. The van der Waals surface area contributed by atoms with Gasteiger partial charge in [-0.3, -0.25) is 4.68 Å². The van der Waals surface area contributed by atoms with Gasteiger partial charge in [-0.1, -0.05) is 16.8 Å². The van der Waals surface area contributed by atoms with E-state index in [0.717, 1.165) is 39.6 Å². The molecule has 0 amide bonds. The Balaban J connectivity index is 1.57. The van der Waals surface area contributed by atoms with Crippen molar-refractivity contribution in [3.8, 4) is 28.4 Å². The smallest absolute Gasteiger partial charge is 0.163 e. The van der Waals surface area contributed by atoms with Crippen molar-refractivity contribution in [3.05, 3.63) is 57.7 Å². The largest absolute Gasteiger partial charge is 0.491 e. The van der Waals surface area contributed by atoms with E-state index >= 15 is 0 Å². The highest BCUT2D eigenvalue weighted by Gasteiger charge is 2.29. The number of halogens is 1. The number of hydrogen-bond donors (Lipinski definition) is 2. The van der Waals surface area contributed by atoms with Crippen LogP contribution in [0.4, 0.5) is 5.82 Å². The minimum absolute atomic E-state index is 0.137. The van der Waals surface area contributed by atoms with Crippen LogP contribution in [-0.4, -0.2) is 70.0 Å². The fourth-order valence-electron chi connectivity index (χ4n) is 4.98. The molecular formula is C28H34ClN7O4. The van der Waals surface area contributed by atoms with Crippen LogP contribution in [0.1, 0.15) is 28.3 Å². The van der Waals surface area contributed by atoms with E-state index in [1.165, 1.54) is 0 Å². The summed E-state index contributed by atoms with van der Waals surface area (Å²) in [5.74, 6) is 2.49. The van der Waals surface area contributed by atoms with E-state index in [2.05, 4.69) is 20.5 Å². The standard InChI is InChI=1S/C28H34ClN7O4/c1-16-26(25-17(2)34-40-18(25)3)32-27(22-10-21(6-7-23(22)29)39-15-20(37)12-30-4)33-28(16)35-13-19-11-31-36(8-9-38-5)24(19)14-35/h6-7,10-11,20,30,37H,8-9,12-15H2,1-5H3/t20-/m1/s1. The number of benzene rings is 1. The molecule has 5 rings (SSSR count). The van der Waals surface area contributed by atoms with E-state index in [0.29, 0.717) is 60.7 Å². The lowest BCUT2D eigenvalue weighted by Gasteiger charge is -2.22. The van der Waals surface area contributed by atoms with Crippen LogP contribution in [0.3, 0.4) is 0 Å². The van der Waals surface area contributed by atoms with Crippen molar-refractivity contribution in [2.24, 2.45) is 0 Å². The molecule has 11 nitrogen and oxygen atoms in total.